The highest BCUT2D eigenvalue weighted by Gasteiger charge is 2.34. The van der Waals surface area contributed by atoms with Gasteiger partial charge >= 0.3 is 11.8 Å². The lowest BCUT2D eigenvalue weighted by molar-refractivity contribution is -0.136. The van der Waals surface area contributed by atoms with E-state index in [-0.39, 0.29) is 22.3 Å². The van der Waals surface area contributed by atoms with E-state index in [0.29, 0.717) is 31.3 Å². The Labute approximate surface area is 230 Å². The molecule has 1 saturated heterocycles. The highest BCUT2D eigenvalue weighted by molar-refractivity contribution is 7.89. The molecule has 1 aliphatic heterocycles. The molecule has 3 aromatic carbocycles. The third-order valence-corrected chi connectivity index (χ3v) is 9.10. The number of benzene rings is 3. The Bertz CT molecular complexity index is 1640. The van der Waals surface area contributed by atoms with Crippen molar-refractivity contribution < 1.29 is 26.0 Å². The number of sulfonamides is 1. The molecule has 1 fully saturated rings. The minimum absolute atomic E-state index is 0.138. The Morgan fingerprint density at radius 1 is 0.800 bits per heavy atom. The van der Waals surface area contributed by atoms with E-state index in [9.17, 15) is 26.4 Å². The van der Waals surface area contributed by atoms with Crippen molar-refractivity contribution in [2.45, 2.75) is 30.3 Å². The SMILES string of the molecule is O=c1cc(C(F)(F)F)c2cc(Cc3ccc(S(=O)(=O)N4CCCN(CCc5ccccc5)CC4)cc3)ccc2o1. The van der Waals surface area contributed by atoms with E-state index in [2.05, 4.69) is 17.0 Å². The van der Waals surface area contributed by atoms with Gasteiger partial charge in [0.25, 0.3) is 0 Å². The second kappa shape index (κ2) is 11.6. The average molecular weight is 571 g/mol. The number of hydrogen-bond donors (Lipinski definition) is 0. The maximum atomic E-state index is 13.5. The maximum Gasteiger partial charge on any atom is 0.417 e. The third kappa shape index (κ3) is 6.46. The molecule has 0 bridgehead atoms. The summed E-state index contributed by atoms with van der Waals surface area (Å²) < 4.78 is 73.6. The second-order valence-electron chi connectivity index (χ2n) is 9.96. The van der Waals surface area contributed by atoms with Crippen LogP contribution in [0.25, 0.3) is 11.0 Å². The molecule has 5 rings (SSSR count). The van der Waals surface area contributed by atoms with Crippen LogP contribution in [0.2, 0.25) is 0 Å². The van der Waals surface area contributed by atoms with Gasteiger partial charge in [-0.15, -0.1) is 0 Å². The highest BCUT2D eigenvalue weighted by atomic mass is 32.2. The van der Waals surface area contributed by atoms with Crippen molar-refractivity contribution in [3.05, 3.63) is 112 Å². The summed E-state index contributed by atoms with van der Waals surface area (Å²) in [6.07, 6.45) is -2.76. The first-order valence-electron chi connectivity index (χ1n) is 13.1. The molecule has 210 valence electrons. The molecule has 2 heterocycles. The lowest BCUT2D eigenvalue weighted by Crippen LogP contribution is -2.35. The summed E-state index contributed by atoms with van der Waals surface area (Å²) in [5.74, 6) is 0. The van der Waals surface area contributed by atoms with E-state index in [1.165, 1.54) is 22.0 Å². The average Bonchev–Trinajstić information content (AvgIpc) is 3.18. The van der Waals surface area contributed by atoms with Gasteiger partial charge in [-0.05, 0) is 66.8 Å². The topological polar surface area (TPSA) is 70.8 Å². The zero-order valence-corrected chi connectivity index (χ0v) is 22.5. The van der Waals surface area contributed by atoms with Gasteiger partial charge in [0.05, 0.1) is 10.5 Å². The standard InChI is InChI=1S/C30H29F3N2O4S/c31-30(32,33)27-21-29(36)39-28-12-9-24(20-26(27)28)19-23-7-10-25(11-8-23)40(37,38)35-15-4-14-34(17-18-35)16-13-22-5-2-1-3-6-22/h1-3,5-12,20-21H,4,13-19H2. The smallest absolute Gasteiger partial charge is 0.417 e. The van der Waals surface area contributed by atoms with Gasteiger partial charge < -0.3 is 9.32 Å². The number of nitrogens with zero attached hydrogens (tertiary/aromatic N) is 2. The number of halogens is 3. The van der Waals surface area contributed by atoms with E-state index < -0.39 is 27.4 Å². The zero-order valence-electron chi connectivity index (χ0n) is 21.7. The van der Waals surface area contributed by atoms with E-state index in [1.807, 2.05) is 18.2 Å². The summed E-state index contributed by atoms with van der Waals surface area (Å²) in [5, 5.41) is -0.192. The summed E-state index contributed by atoms with van der Waals surface area (Å²) in [6.45, 7) is 3.22. The molecule has 0 N–H and O–H groups in total. The van der Waals surface area contributed by atoms with Crippen molar-refractivity contribution in [3.8, 4) is 0 Å². The van der Waals surface area contributed by atoms with Gasteiger partial charge in [0.1, 0.15) is 5.58 Å². The number of rotatable bonds is 7. The van der Waals surface area contributed by atoms with E-state index in [4.69, 9.17) is 4.42 Å². The van der Waals surface area contributed by atoms with Gasteiger partial charge in [0.15, 0.2) is 0 Å². The molecule has 6 nitrogen and oxygen atoms in total. The maximum absolute atomic E-state index is 13.5. The molecule has 0 radical (unpaired) electrons. The molecular weight excluding hydrogens is 541 g/mol. The van der Waals surface area contributed by atoms with Crippen LogP contribution in [0.5, 0.6) is 0 Å². The van der Waals surface area contributed by atoms with Crippen molar-refractivity contribution in [2.24, 2.45) is 0 Å². The molecule has 0 spiro atoms. The van der Waals surface area contributed by atoms with Crippen LogP contribution in [0, 0.1) is 0 Å². The summed E-state index contributed by atoms with van der Waals surface area (Å²) in [6, 6.07) is 21.4. The summed E-state index contributed by atoms with van der Waals surface area (Å²) >= 11 is 0. The summed E-state index contributed by atoms with van der Waals surface area (Å²) in [4.78, 5) is 14.0. The third-order valence-electron chi connectivity index (χ3n) is 7.19. The number of hydrogen-bond acceptors (Lipinski definition) is 5. The monoisotopic (exact) mass is 570 g/mol. The molecule has 0 atom stereocenters. The molecule has 1 aliphatic rings. The van der Waals surface area contributed by atoms with Crippen molar-refractivity contribution in [3.63, 3.8) is 0 Å². The largest absolute Gasteiger partial charge is 0.423 e. The Hall–Kier alpha value is -3.47. The van der Waals surface area contributed by atoms with E-state index >= 15 is 0 Å². The molecule has 10 heteroatoms. The van der Waals surface area contributed by atoms with Gasteiger partial charge in [-0.1, -0.05) is 48.5 Å². The quantitative estimate of drug-likeness (QED) is 0.281. The van der Waals surface area contributed by atoms with Crippen LogP contribution in [-0.2, 0) is 29.0 Å². The van der Waals surface area contributed by atoms with Crippen LogP contribution in [0.4, 0.5) is 13.2 Å². The predicted molar refractivity (Wildman–Crippen MR) is 147 cm³/mol. The lowest BCUT2D eigenvalue weighted by atomic mass is 10.0. The van der Waals surface area contributed by atoms with Crippen LogP contribution in [-0.4, -0.2) is 50.3 Å². The fourth-order valence-corrected chi connectivity index (χ4v) is 6.53. The summed E-state index contributed by atoms with van der Waals surface area (Å²) in [7, 11) is -3.68. The fourth-order valence-electron chi connectivity index (χ4n) is 5.06. The van der Waals surface area contributed by atoms with Crippen molar-refractivity contribution in [1.82, 2.24) is 9.21 Å². The van der Waals surface area contributed by atoms with Crippen LogP contribution in [0.3, 0.4) is 0 Å². The Balaban J connectivity index is 1.26. The second-order valence-corrected chi connectivity index (χ2v) is 11.9. The van der Waals surface area contributed by atoms with Crippen molar-refractivity contribution in [1.29, 1.82) is 0 Å². The van der Waals surface area contributed by atoms with Crippen molar-refractivity contribution in [2.75, 3.05) is 32.7 Å². The first-order valence-corrected chi connectivity index (χ1v) is 14.5. The minimum Gasteiger partial charge on any atom is -0.423 e. The molecule has 0 amide bonds. The van der Waals surface area contributed by atoms with Crippen LogP contribution in [0.1, 0.15) is 28.7 Å². The molecule has 0 aliphatic carbocycles. The number of fused-ring (bicyclic) bond motifs is 1. The van der Waals surface area contributed by atoms with E-state index in [1.54, 1.807) is 30.3 Å². The van der Waals surface area contributed by atoms with Crippen LogP contribution in [0.15, 0.2) is 93.0 Å². The van der Waals surface area contributed by atoms with Gasteiger partial charge in [0, 0.05) is 37.6 Å². The first-order chi connectivity index (χ1) is 19.1. The Morgan fingerprint density at radius 3 is 2.25 bits per heavy atom. The Morgan fingerprint density at radius 2 is 1.52 bits per heavy atom. The van der Waals surface area contributed by atoms with E-state index in [0.717, 1.165) is 31.5 Å². The minimum atomic E-state index is -4.70. The zero-order chi connectivity index (χ0) is 28.3. The van der Waals surface area contributed by atoms with Gasteiger partial charge in [-0.2, -0.15) is 17.5 Å². The molecule has 0 saturated carbocycles. The molecule has 40 heavy (non-hydrogen) atoms. The van der Waals surface area contributed by atoms with Gasteiger partial charge in [-0.25, -0.2) is 13.2 Å². The molecule has 4 aromatic rings. The molecule has 0 unspecified atom stereocenters. The molecular formula is C30H29F3N2O4S. The summed E-state index contributed by atoms with van der Waals surface area (Å²) in [5.41, 5.74) is 0.332. The van der Waals surface area contributed by atoms with Gasteiger partial charge in [0.2, 0.25) is 10.0 Å². The highest BCUT2D eigenvalue weighted by Crippen LogP contribution is 2.34. The van der Waals surface area contributed by atoms with Crippen LogP contribution >= 0.6 is 0 Å². The van der Waals surface area contributed by atoms with Gasteiger partial charge in [-0.3, -0.25) is 0 Å². The predicted octanol–water partition coefficient (Wildman–Crippen LogP) is 5.34. The van der Waals surface area contributed by atoms with Crippen molar-refractivity contribution >= 4 is 21.0 Å². The first kappa shape index (κ1) is 28.1. The number of alkyl halides is 3. The fraction of sp³-hybridized carbons (Fsp3) is 0.300. The van der Waals surface area contributed by atoms with Crippen LogP contribution < -0.4 is 5.63 Å². The lowest BCUT2D eigenvalue weighted by Gasteiger charge is -2.22. The normalized spacial score (nSPS) is 15.8. The Kier molecular flexibility index (Phi) is 8.11. The molecule has 1 aromatic heterocycles.